The van der Waals surface area contributed by atoms with Crippen molar-refractivity contribution in [2.24, 2.45) is 4.99 Å². The van der Waals surface area contributed by atoms with E-state index >= 15 is 0 Å². The highest BCUT2D eigenvalue weighted by Crippen LogP contribution is 2.40. The Morgan fingerprint density at radius 3 is 1.23 bits per heavy atom. The van der Waals surface area contributed by atoms with Gasteiger partial charge in [0.1, 0.15) is 0 Å². The zero-order valence-corrected chi connectivity index (χ0v) is 27.4. The van der Waals surface area contributed by atoms with Crippen molar-refractivity contribution >= 4 is 17.1 Å². The van der Waals surface area contributed by atoms with Crippen molar-refractivity contribution in [1.82, 2.24) is 0 Å². The second-order valence-electron chi connectivity index (χ2n) is 15.6. The van der Waals surface area contributed by atoms with Gasteiger partial charge in [0.15, 0.2) is 0 Å². The number of allylic oxidation sites excluding steroid dienone is 1. The minimum Gasteiger partial charge on any atom is -0.377 e. The Morgan fingerprint density at radius 1 is 0.564 bits per heavy atom. The lowest BCUT2D eigenvalue weighted by atomic mass is 9.78. The van der Waals surface area contributed by atoms with E-state index in [2.05, 4.69) is 150 Å². The van der Waals surface area contributed by atoms with Gasteiger partial charge in [-0.3, -0.25) is 4.99 Å². The van der Waals surface area contributed by atoms with Gasteiger partial charge in [0.2, 0.25) is 0 Å². The van der Waals surface area contributed by atoms with Crippen molar-refractivity contribution < 1.29 is 0 Å². The Hall–Kier alpha value is -2.55. The maximum absolute atomic E-state index is 5.20. The van der Waals surface area contributed by atoms with E-state index in [1.54, 1.807) is 0 Å². The third kappa shape index (κ3) is 7.16. The largest absolute Gasteiger partial charge is 0.377 e. The summed E-state index contributed by atoms with van der Waals surface area (Å²) in [5.41, 5.74) is 10.5. The highest BCUT2D eigenvalue weighted by molar-refractivity contribution is 5.95. The molecule has 0 amide bonds. The fourth-order valence-electron chi connectivity index (χ4n) is 5.52. The van der Waals surface area contributed by atoms with Crippen LogP contribution in [0, 0.1) is 0 Å². The average Bonchev–Trinajstić information content (AvgIpc) is 3.27. The van der Waals surface area contributed by atoms with Gasteiger partial charge < -0.3 is 10.6 Å². The Bertz CT molecular complexity index is 1170. The minimum atomic E-state index is 0.0471. The van der Waals surface area contributed by atoms with Crippen LogP contribution in [0.25, 0.3) is 0 Å². The summed E-state index contributed by atoms with van der Waals surface area (Å²) < 4.78 is 0. The van der Waals surface area contributed by atoms with E-state index in [0.29, 0.717) is 0 Å². The Morgan fingerprint density at radius 2 is 0.897 bits per heavy atom. The number of rotatable bonds is 6. The predicted octanol–water partition coefficient (Wildman–Crippen LogP) is 9.91. The number of nitrogens with one attached hydrogen (secondary N) is 2. The van der Waals surface area contributed by atoms with Gasteiger partial charge >= 0.3 is 0 Å². The summed E-state index contributed by atoms with van der Waals surface area (Å²) in [6.45, 7) is 32.1. The molecule has 1 heterocycles. The van der Waals surface area contributed by atoms with Gasteiger partial charge in [-0.25, -0.2) is 0 Å². The molecule has 0 fully saturated rings. The predicted molar refractivity (Wildman–Crippen MR) is 174 cm³/mol. The maximum atomic E-state index is 5.20. The van der Waals surface area contributed by atoms with Crippen LogP contribution in [0.15, 0.2) is 53.2 Å². The lowest BCUT2D eigenvalue weighted by Gasteiger charge is -2.32. The number of anilines is 2. The zero-order chi connectivity index (χ0) is 29.6. The summed E-state index contributed by atoms with van der Waals surface area (Å²) >= 11 is 0. The van der Waals surface area contributed by atoms with Crippen LogP contribution in [0.4, 0.5) is 11.4 Å². The monoisotopic (exact) mass is 529 g/mol. The molecule has 0 bridgehead atoms. The summed E-state index contributed by atoms with van der Waals surface area (Å²) in [6, 6.07) is 13.8. The molecule has 3 rings (SSSR count). The Kier molecular flexibility index (Phi) is 8.57. The molecule has 0 aliphatic carbocycles. The van der Waals surface area contributed by atoms with E-state index < -0.39 is 0 Å². The second kappa shape index (κ2) is 10.8. The first kappa shape index (κ1) is 31.0. The second-order valence-corrected chi connectivity index (χ2v) is 15.6. The summed E-state index contributed by atoms with van der Waals surface area (Å²) in [4.78, 5) is 5.20. The van der Waals surface area contributed by atoms with E-state index in [0.717, 1.165) is 12.1 Å². The molecule has 2 N–H and O–H groups in total. The third-order valence-corrected chi connectivity index (χ3v) is 7.82. The van der Waals surface area contributed by atoms with Crippen LogP contribution in [0.5, 0.6) is 0 Å². The number of hydrogen-bond acceptors (Lipinski definition) is 3. The first-order valence-corrected chi connectivity index (χ1v) is 14.8. The molecule has 0 spiro atoms. The van der Waals surface area contributed by atoms with Crippen molar-refractivity contribution in [3.8, 4) is 0 Å². The lowest BCUT2D eigenvalue weighted by molar-refractivity contribution is 0.570. The molecule has 2 unspecified atom stereocenters. The van der Waals surface area contributed by atoms with Gasteiger partial charge in [-0.05, 0) is 57.8 Å². The maximum Gasteiger partial charge on any atom is 0.0654 e. The molecule has 2 aromatic carbocycles. The van der Waals surface area contributed by atoms with Crippen LogP contribution in [-0.4, -0.2) is 17.8 Å². The van der Waals surface area contributed by atoms with Gasteiger partial charge in [-0.2, -0.15) is 0 Å². The van der Waals surface area contributed by atoms with Crippen LogP contribution in [0.1, 0.15) is 126 Å². The average molecular weight is 530 g/mol. The van der Waals surface area contributed by atoms with E-state index in [-0.39, 0.29) is 33.7 Å². The molecule has 39 heavy (non-hydrogen) atoms. The van der Waals surface area contributed by atoms with Gasteiger partial charge in [0.05, 0.1) is 17.8 Å². The number of para-hydroxylation sites is 2. The minimum absolute atomic E-state index is 0.0471. The first-order chi connectivity index (χ1) is 17.7. The molecule has 0 saturated carbocycles. The molecule has 0 radical (unpaired) electrons. The molecule has 3 nitrogen and oxygen atoms in total. The highest BCUT2D eigenvalue weighted by Gasteiger charge is 2.29. The third-order valence-electron chi connectivity index (χ3n) is 7.82. The van der Waals surface area contributed by atoms with Crippen molar-refractivity contribution in [1.29, 1.82) is 0 Å². The fourth-order valence-corrected chi connectivity index (χ4v) is 5.52. The molecule has 214 valence electrons. The number of benzene rings is 2. The number of aliphatic imine (C=N–C) groups is 1. The standard InChI is InChI=1S/C36H55N3/c1-23(37-31-25(33(3,4)5)17-15-18-26(31)34(6,7)8)29-21-22-30(39-29)24(2)38-32-27(35(9,10)11)19-16-20-28(32)36(12,13)14/h15-21,23-24,37-38H,22H2,1-14H3. The molecular weight excluding hydrogens is 474 g/mol. The zero-order valence-electron chi connectivity index (χ0n) is 27.4. The molecule has 2 atom stereocenters. The van der Waals surface area contributed by atoms with E-state index in [9.17, 15) is 0 Å². The molecule has 3 heteroatoms. The van der Waals surface area contributed by atoms with Gasteiger partial charge in [-0.15, -0.1) is 0 Å². The van der Waals surface area contributed by atoms with Gasteiger partial charge in [0.25, 0.3) is 0 Å². The molecule has 0 aromatic heterocycles. The smallest absolute Gasteiger partial charge is 0.0654 e. The molecule has 2 aromatic rings. The fraction of sp³-hybridized carbons (Fsp3) is 0.583. The molecular formula is C36H55N3. The molecule has 0 saturated heterocycles. The topological polar surface area (TPSA) is 36.4 Å². The number of hydrogen-bond donors (Lipinski definition) is 2. The summed E-state index contributed by atoms with van der Waals surface area (Å²) in [7, 11) is 0. The molecule has 1 aliphatic heterocycles. The van der Waals surface area contributed by atoms with Crippen LogP contribution in [0.3, 0.4) is 0 Å². The van der Waals surface area contributed by atoms with Crippen LogP contribution >= 0.6 is 0 Å². The summed E-state index contributed by atoms with van der Waals surface area (Å²) in [6.07, 6.45) is 3.19. The normalized spacial score (nSPS) is 16.5. The van der Waals surface area contributed by atoms with E-state index in [1.807, 2.05) is 0 Å². The quantitative estimate of drug-likeness (QED) is 0.390. The van der Waals surface area contributed by atoms with E-state index in [4.69, 9.17) is 4.99 Å². The van der Waals surface area contributed by atoms with Crippen molar-refractivity contribution in [2.45, 2.75) is 137 Å². The van der Waals surface area contributed by atoms with Gasteiger partial charge in [-0.1, -0.05) is 126 Å². The Labute approximate surface area is 240 Å². The van der Waals surface area contributed by atoms with E-state index in [1.165, 1.54) is 39.3 Å². The summed E-state index contributed by atoms with van der Waals surface area (Å²) in [5, 5.41) is 7.82. The number of nitrogens with zero attached hydrogens (tertiary/aromatic N) is 1. The van der Waals surface area contributed by atoms with Gasteiger partial charge in [0, 0.05) is 23.5 Å². The van der Waals surface area contributed by atoms with Crippen molar-refractivity contribution in [3.63, 3.8) is 0 Å². The Balaban J connectivity index is 1.90. The van der Waals surface area contributed by atoms with Crippen LogP contribution < -0.4 is 10.6 Å². The van der Waals surface area contributed by atoms with Crippen molar-refractivity contribution in [2.75, 3.05) is 10.6 Å². The first-order valence-electron chi connectivity index (χ1n) is 14.8. The highest BCUT2D eigenvalue weighted by atomic mass is 15.0. The SMILES string of the molecule is CC(Nc1c(C(C)(C)C)cccc1C(C)(C)C)C1=CCC(C(C)Nc2c(C(C)(C)C)cccc2C(C)(C)C)=N1. The lowest BCUT2D eigenvalue weighted by Crippen LogP contribution is -2.29. The van der Waals surface area contributed by atoms with Crippen LogP contribution in [-0.2, 0) is 21.7 Å². The summed E-state index contributed by atoms with van der Waals surface area (Å²) in [5.74, 6) is 0. The van der Waals surface area contributed by atoms with Crippen LogP contribution in [0.2, 0.25) is 0 Å². The molecule has 1 aliphatic rings. The van der Waals surface area contributed by atoms with Crippen molar-refractivity contribution in [3.05, 3.63) is 70.4 Å².